The van der Waals surface area contributed by atoms with Crippen molar-refractivity contribution in [3.8, 4) is 0 Å². The zero-order valence-corrected chi connectivity index (χ0v) is 16.4. The average Bonchev–Trinajstić information content (AvgIpc) is 3.20. The number of alkyl halides is 3. The quantitative estimate of drug-likeness (QED) is 0.649. The van der Waals surface area contributed by atoms with Crippen molar-refractivity contribution in [1.82, 2.24) is 0 Å². The SMILES string of the molecule is CC1=C2c3ccccc3N(C(=O)C(F)(F)F)C2[C@H]2C(=O)N(c3ccccc3)C(=O)[C@H]2C1. The Morgan fingerprint density at radius 3 is 2.29 bits per heavy atom. The third-order valence-electron chi connectivity index (χ3n) is 6.31. The number of fused-ring (bicyclic) bond motifs is 5. The zero-order valence-electron chi connectivity index (χ0n) is 16.4. The molecule has 5 nitrogen and oxygen atoms in total. The molecule has 2 heterocycles. The van der Waals surface area contributed by atoms with Gasteiger partial charge in [-0.3, -0.25) is 19.3 Å². The Morgan fingerprint density at radius 2 is 1.61 bits per heavy atom. The minimum absolute atomic E-state index is 0.114. The molecule has 0 radical (unpaired) electrons. The van der Waals surface area contributed by atoms with E-state index in [0.717, 1.165) is 4.90 Å². The fraction of sp³-hybridized carbons (Fsp3) is 0.261. The summed E-state index contributed by atoms with van der Waals surface area (Å²) in [7, 11) is 0. The Balaban J connectivity index is 1.68. The van der Waals surface area contributed by atoms with E-state index in [-0.39, 0.29) is 12.1 Å². The predicted molar refractivity (Wildman–Crippen MR) is 107 cm³/mol. The minimum Gasteiger partial charge on any atom is -0.296 e. The van der Waals surface area contributed by atoms with Gasteiger partial charge in [0.25, 0.3) is 0 Å². The van der Waals surface area contributed by atoms with Gasteiger partial charge in [-0.2, -0.15) is 13.2 Å². The molecule has 3 amide bonds. The zero-order chi connectivity index (χ0) is 22.1. The lowest BCUT2D eigenvalue weighted by atomic mass is 9.73. The topological polar surface area (TPSA) is 57.7 Å². The molecular weight excluding hydrogens is 409 g/mol. The first-order valence-corrected chi connectivity index (χ1v) is 9.84. The molecule has 1 aliphatic carbocycles. The van der Waals surface area contributed by atoms with E-state index in [1.807, 2.05) is 0 Å². The fourth-order valence-electron chi connectivity index (χ4n) is 5.13. The molecule has 2 aromatic rings. The van der Waals surface area contributed by atoms with E-state index < -0.39 is 41.8 Å². The van der Waals surface area contributed by atoms with Crippen molar-refractivity contribution in [3.05, 3.63) is 65.7 Å². The molecule has 8 heteroatoms. The van der Waals surface area contributed by atoms with Crippen LogP contribution in [0.15, 0.2) is 60.2 Å². The summed E-state index contributed by atoms with van der Waals surface area (Å²) in [4.78, 5) is 40.8. The summed E-state index contributed by atoms with van der Waals surface area (Å²) in [5.41, 5.74) is 2.23. The third-order valence-corrected chi connectivity index (χ3v) is 6.31. The lowest BCUT2D eigenvalue weighted by Gasteiger charge is -2.35. The van der Waals surface area contributed by atoms with E-state index >= 15 is 0 Å². The Hall–Kier alpha value is -3.42. The van der Waals surface area contributed by atoms with Crippen LogP contribution in [0.5, 0.6) is 0 Å². The summed E-state index contributed by atoms with van der Waals surface area (Å²) in [5, 5.41) is 0. The number of imide groups is 1. The first-order chi connectivity index (χ1) is 14.7. The molecule has 2 aromatic carbocycles. The molecule has 1 unspecified atom stereocenters. The molecule has 2 aliphatic heterocycles. The van der Waals surface area contributed by atoms with Gasteiger partial charge in [-0.25, -0.2) is 4.90 Å². The highest BCUT2D eigenvalue weighted by molar-refractivity contribution is 6.24. The molecule has 0 spiro atoms. The number of rotatable bonds is 1. The molecule has 0 bridgehead atoms. The number of para-hydroxylation sites is 2. The summed E-state index contributed by atoms with van der Waals surface area (Å²) < 4.78 is 40.6. The third kappa shape index (κ3) is 2.67. The molecule has 3 atom stereocenters. The molecule has 0 aromatic heterocycles. The van der Waals surface area contributed by atoms with Crippen molar-refractivity contribution in [3.63, 3.8) is 0 Å². The number of allylic oxidation sites excluding steroid dienone is 1. The van der Waals surface area contributed by atoms with E-state index in [9.17, 15) is 27.6 Å². The molecule has 0 N–H and O–H groups in total. The number of amides is 3. The van der Waals surface area contributed by atoms with Crippen LogP contribution in [-0.2, 0) is 14.4 Å². The van der Waals surface area contributed by atoms with Crippen molar-refractivity contribution in [2.45, 2.75) is 25.6 Å². The van der Waals surface area contributed by atoms with Crippen LogP contribution < -0.4 is 9.80 Å². The standard InChI is InChI=1S/C23H17F3N2O3/c1-12-11-15-18(21(30)27(20(15)29)13-7-3-2-4-8-13)19-17(12)14-9-5-6-10-16(14)28(19)22(31)23(24,25)26/h2-10,15,18-19H,11H2,1H3/t15-,18-,19?/m0/s1. The highest BCUT2D eigenvalue weighted by atomic mass is 19.4. The van der Waals surface area contributed by atoms with Crippen molar-refractivity contribution < 1.29 is 27.6 Å². The highest BCUT2D eigenvalue weighted by Gasteiger charge is 2.61. The van der Waals surface area contributed by atoms with Crippen LogP contribution >= 0.6 is 0 Å². The maximum Gasteiger partial charge on any atom is 0.471 e. The number of carbonyl (C=O) groups excluding carboxylic acids is 3. The van der Waals surface area contributed by atoms with Crippen molar-refractivity contribution in [2.75, 3.05) is 9.80 Å². The van der Waals surface area contributed by atoms with Crippen LogP contribution in [0, 0.1) is 11.8 Å². The van der Waals surface area contributed by atoms with Crippen LogP contribution in [0.2, 0.25) is 0 Å². The summed E-state index contributed by atoms with van der Waals surface area (Å²) >= 11 is 0. The minimum atomic E-state index is -5.12. The molecular formula is C23H17F3N2O3. The second-order valence-electron chi connectivity index (χ2n) is 8.01. The van der Waals surface area contributed by atoms with Gasteiger partial charge in [-0.05, 0) is 37.1 Å². The lowest BCUT2D eigenvalue weighted by molar-refractivity contribution is -0.171. The number of halogens is 3. The Morgan fingerprint density at radius 1 is 0.968 bits per heavy atom. The van der Waals surface area contributed by atoms with Crippen LogP contribution in [0.1, 0.15) is 18.9 Å². The van der Waals surface area contributed by atoms with Crippen LogP contribution in [0.25, 0.3) is 5.57 Å². The maximum absolute atomic E-state index is 13.5. The van der Waals surface area contributed by atoms with Gasteiger partial charge < -0.3 is 0 Å². The second-order valence-corrected chi connectivity index (χ2v) is 8.01. The largest absolute Gasteiger partial charge is 0.471 e. The maximum atomic E-state index is 13.5. The van der Waals surface area contributed by atoms with E-state index in [1.165, 1.54) is 6.07 Å². The van der Waals surface area contributed by atoms with Gasteiger partial charge in [0.2, 0.25) is 11.8 Å². The van der Waals surface area contributed by atoms with Gasteiger partial charge in [-0.15, -0.1) is 0 Å². The van der Waals surface area contributed by atoms with Crippen LogP contribution in [0.3, 0.4) is 0 Å². The molecule has 5 rings (SSSR count). The van der Waals surface area contributed by atoms with Crippen LogP contribution in [0.4, 0.5) is 24.5 Å². The second kappa shape index (κ2) is 6.54. The predicted octanol–water partition coefficient (Wildman–Crippen LogP) is 3.95. The summed E-state index contributed by atoms with van der Waals surface area (Å²) in [5.74, 6) is -4.96. The Kier molecular flexibility index (Phi) is 4.12. The summed E-state index contributed by atoms with van der Waals surface area (Å²) in [6.45, 7) is 1.75. The number of anilines is 2. The average molecular weight is 426 g/mol. The monoisotopic (exact) mass is 426 g/mol. The Labute approximate surface area is 175 Å². The molecule has 0 saturated carbocycles. The van der Waals surface area contributed by atoms with E-state index in [4.69, 9.17) is 0 Å². The van der Waals surface area contributed by atoms with Gasteiger partial charge in [0, 0.05) is 5.56 Å². The first kappa shape index (κ1) is 19.5. The summed E-state index contributed by atoms with van der Waals surface area (Å²) in [6.07, 6.45) is -4.86. The molecule has 158 valence electrons. The smallest absolute Gasteiger partial charge is 0.296 e. The number of hydrogen-bond acceptors (Lipinski definition) is 3. The Bertz CT molecular complexity index is 1160. The van der Waals surface area contributed by atoms with Crippen molar-refractivity contribution >= 4 is 34.7 Å². The number of benzene rings is 2. The number of hydrogen-bond donors (Lipinski definition) is 0. The van der Waals surface area contributed by atoms with E-state index in [0.29, 0.717) is 27.3 Å². The van der Waals surface area contributed by atoms with Crippen LogP contribution in [-0.4, -0.2) is 29.9 Å². The number of carbonyl (C=O) groups is 3. The van der Waals surface area contributed by atoms with E-state index in [1.54, 1.807) is 55.5 Å². The van der Waals surface area contributed by atoms with Gasteiger partial charge in [-0.1, -0.05) is 42.0 Å². The fourth-order valence-corrected chi connectivity index (χ4v) is 5.13. The summed E-state index contributed by atoms with van der Waals surface area (Å²) in [6, 6.07) is 13.5. The van der Waals surface area contributed by atoms with E-state index in [2.05, 4.69) is 0 Å². The highest BCUT2D eigenvalue weighted by Crippen LogP contribution is 2.54. The molecule has 3 aliphatic rings. The van der Waals surface area contributed by atoms with Crippen molar-refractivity contribution in [1.29, 1.82) is 0 Å². The molecule has 1 fully saturated rings. The normalized spacial score (nSPS) is 25.0. The molecule has 1 saturated heterocycles. The van der Waals surface area contributed by atoms with Gasteiger partial charge in [0.1, 0.15) is 0 Å². The van der Waals surface area contributed by atoms with Gasteiger partial charge in [0.05, 0.1) is 29.3 Å². The van der Waals surface area contributed by atoms with Gasteiger partial charge >= 0.3 is 12.1 Å². The van der Waals surface area contributed by atoms with Gasteiger partial charge in [0.15, 0.2) is 0 Å². The lowest BCUT2D eigenvalue weighted by Crippen LogP contribution is -2.52. The number of nitrogens with zero attached hydrogens (tertiary/aromatic N) is 2. The molecule has 31 heavy (non-hydrogen) atoms. The first-order valence-electron chi connectivity index (χ1n) is 9.84. The van der Waals surface area contributed by atoms with Crippen molar-refractivity contribution in [2.24, 2.45) is 11.8 Å².